The van der Waals surface area contributed by atoms with Crippen molar-refractivity contribution in [3.8, 4) is 0 Å². The van der Waals surface area contributed by atoms with Gasteiger partial charge in [-0.25, -0.2) is 0 Å². The molecule has 0 heterocycles. The van der Waals surface area contributed by atoms with Crippen molar-refractivity contribution in [2.24, 2.45) is 11.7 Å². The number of carbonyl (C=O) groups excluding carboxylic acids is 1. The van der Waals surface area contributed by atoms with Crippen molar-refractivity contribution < 1.29 is 4.79 Å². The molecule has 0 spiro atoms. The second kappa shape index (κ2) is 6.62. The zero-order chi connectivity index (χ0) is 11.9. The van der Waals surface area contributed by atoms with Gasteiger partial charge >= 0.3 is 0 Å². The second-order valence-corrected chi connectivity index (χ2v) is 3.99. The topological polar surface area (TPSA) is 55.1 Å². The summed E-state index contributed by atoms with van der Waals surface area (Å²) in [5.74, 6) is 0.208. The van der Waals surface area contributed by atoms with Crippen LogP contribution in [0.1, 0.15) is 40.0 Å². The van der Waals surface area contributed by atoms with Gasteiger partial charge in [-0.05, 0) is 31.3 Å². The van der Waals surface area contributed by atoms with Crippen LogP contribution in [-0.4, -0.2) is 18.0 Å². The summed E-state index contributed by atoms with van der Waals surface area (Å²) in [5, 5.41) is 2.82. The van der Waals surface area contributed by atoms with Gasteiger partial charge < -0.3 is 11.1 Å². The van der Waals surface area contributed by atoms with Crippen molar-refractivity contribution in [2.45, 2.75) is 45.6 Å². The summed E-state index contributed by atoms with van der Waals surface area (Å²) in [6.45, 7) is 10.4. The van der Waals surface area contributed by atoms with Crippen molar-refractivity contribution in [1.29, 1.82) is 0 Å². The molecule has 0 aromatic carbocycles. The minimum atomic E-state index is -0.163. The summed E-state index contributed by atoms with van der Waals surface area (Å²) in [4.78, 5) is 11.1. The van der Waals surface area contributed by atoms with Crippen LogP contribution in [0.4, 0.5) is 0 Å². The summed E-state index contributed by atoms with van der Waals surface area (Å²) < 4.78 is 0. The lowest BCUT2D eigenvalue weighted by atomic mass is 9.78. The third-order valence-corrected chi connectivity index (χ3v) is 3.33. The summed E-state index contributed by atoms with van der Waals surface area (Å²) >= 11 is 0. The van der Waals surface area contributed by atoms with E-state index >= 15 is 0 Å². The van der Waals surface area contributed by atoms with Crippen molar-refractivity contribution in [2.75, 3.05) is 6.54 Å². The minimum Gasteiger partial charge on any atom is -0.352 e. The fourth-order valence-electron chi connectivity index (χ4n) is 1.88. The maximum absolute atomic E-state index is 11.1. The lowest BCUT2D eigenvalue weighted by Crippen LogP contribution is -2.50. The SMILES string of the molecule is C=CC(=O)NCC(CC)C(N)(CC)CC. The number of rotatable bonds is 7. The molecule has 0 aliphatic rings. The van der Waals surface area contributed by atoms with Gasteiger partial charge in [0, 0.05) is 12.1 Å². The predicted octanol–water partition coefficient (Wildman–Crippen LogP) is 1.83. The lowest BCUT2D eigenvalue weighted by molar-refractivity contribution is -0.116. The Labute approximate surface area is 93.1 Å². The van der Waals surface area contributed by atoms with Crippen molar-refractivity contribution in [1.82, 2.24) is 5.32 Å². The predicted molar refractivity (Wildman–Crippen MR) is 64.5 cm³/mol. The van der Waals surface area contributed by atoms with E-state index in [1.165, 1.54) is 6.08 Å². The maximum atomic E-state index is 11.1. The molecule has 88 valence electrons. The molecule has 0 saturated carbocycles. The molecule has 1 amide bonds. The molecule has 1 atom stereocenters. The number of hydrogen-bond acceptors (Lipinski definition) is 2. The average molecular weight is 212 g/mol. The van der Waals surface area contributed by atoms with Crippen LogP contribution in [0.25, 0.3) is 0 Å². The fraction of sp³-hybridized carbons (Fsp3) is 0.750. The first-order chi connectivity index (χ1) is 7.03. The number of hydrogen-bond donors (Lipinski definition) is 2. The van der Waals surface area contributed by atoms with Gasteiger partial charge in [0.05, 0.1) is 0 Å². The van der Waals surface area contributed by atoms with E-state index in [-0.39, 0.29) is 11.4 Å². The second-order valence-electron chi connectivity index (χ2n) is 3.99. The third kappa shape index (κ3) is 4.04. The molecule has 0 aliphatic heterocycles. The molecule has 0 fully saturated rings. The molecular weight excluding hydrogens is 188 g/mol. The first kappa shape index (κ1) is 14.2. The van der Waals surface area contributed by atoms with E-state index in [9.17, 15) is 4.79 Å². The van der Waals surface area contributed by atoms with E-state index in [0.29, 0.717) is 12.5 Å². The normalized spacial score (nSPS) is 13.3. The highest BCUT2D eigenvalue weighted by Crippen LogP contribution is 2.24. The Kier molecular flexibility index (Phi) is 6.25. The molecule has 0 aliphatic carbocycles. The molecule has 3 nitrogen and oxygen atoms in total. The molecule has 0 saturated heterocycles. The van der Waals surface area contributed by atoms with Crippen LogP contribution in [0, 0.1) is 5.92 Å². The molecular formula is C12H24N2O. The zero-order valence-electron chi connectivity index (χ0n) is 10.2. The van der Waals surface area contributed by atoms with E-state index < -0.39 is 0 Å². The van der Waals surface area contributed by atoms with Crippen LogP contribution in [0.5, 0.6) is 0 Å². The van der Waals surface area contributed by atoms with Crippen LogP contribution >= 0.6 is 0 Å². The largest absolute Gasteiger partial charge is 0.352 e. The fourth-order valence-corrected chi connectivity index (χ4v) is 1.88. The Balaban J connectivity index is 4.34. The molecule has 3 N–H and O–H groups in total. The molecule has 1 unspecified atom stereocenters. The van der Waals surface area contributed by atoms with Gasteiger partial charge in [0.1, 0.15) is 0 Å². The van der Waals surface area contributed by atoms with Gasteiger partial charge in [-0.2, -0.15) is 0 Å². The van der Waals surface area contributed by atoms with Crippen molar-refractivity contribution >= 4 is 5.91 Å². The first-order valence-corrected chi connectivity index (χ1v) is 5.73. The Morgan fingerprint density at radius 3 is 2.33 bits per heavy atom. The molecule has 0 aromatic rings. The molecule has 3 heteroatoms. The first-order valence-electron chi connectivity index (χ1n) is 5.73. The van der Waals surface area contributed by atoms with Crippen LogP contribution in [0.15, 0.2) is 12.7 Å². The highest BCUT2D eigenvalue weighted by Gasteiger charge is 2.29. The zero-order valence-corrected chi connectivity index (χ0v) is 10.2. The minimum absolute atomic E-state index is 0.122. The summed E-state index contributed by atoms with van der Waals surface area (Å²) in [7, 11) is 0. The Morgan fingerprint density at radius 2 is 2.00 bits per heavy atom. The molecule has 0 rings (SSSR count). The molecule has 0 bridgehead atoms. The smallest absolute Gasteiger partial charge is 0.243 e. The van der Waals surface area contributed by atoms with Crippen LogP contribution in [-0.2, 0) is 4.79 Å². The van der Waals surface area contributed by atoms with Crippen LogP contribution < -0.4 is 11.1 Å². The van der Waals surface area contributed by atoms with E-state index in [1.807, 2.05) is 0 Å². The van der Waals surface area contributed by atoms with E-state index in [1.54, 1.807) is 0 Å². The van der Waals surface area contributed by atoms with E-state index in [2.05, 4.69) is 32.7 Å². The third-order valence-electron chi connectivity index (χ3n) is 3.33. The highest BCUT2D eigenvalue weighted by atomic mass is 16.1. The average Bonchev–Trinajstić information content (AvgIpc) is 2.28. The summed E-state index contributed by atoms with van der Waals surface area (Å²) in [5.41, 5.74) is 6.14. The van der Waals surface area contributed by atoms with Crippen LogP contribution in [0.2, 0.25) is 0 Å². The summed E-state index contributed by atoms with van der Waals surface area (Å²) in [6.07, 6.45) is 4.15. The van der Waals surface area contributed by atoms with Gasteiger partial charge in [-0.3, -0.25) is 4.79 Å². The van der Waals surface area contributed by atoms with Gasteiger partial charge in [-0.15, -0.1) is 0 Å². The Bertz CT molecular complexity index is 210. The van der Waals surface area contributed by atoms with Gasteiger partial charge in [0.15, 0.2) is 0 Å². The number of nitrogens with two attached hydrogens (primary N) is 1. The Morgan fingerprint density at radius 1 is 1.47 bits per heavy atom. The molecule has 0 radical (unpaired) electrons. The van der Waals surface area contributed by atoms with Crippen molar-refractivity contribution in [3.05, 3.63) is 12.7 Å². The van der Waals surface area contributed by atoms with E-state index in [4.69, 9.17) is 5.73 Å². The lowest BCUT2D eigenvalue weighted by Gasteiger charge is -2.35. The van der Waals surface area contributed by atoms with E-state index in [0.717, 1.165) is 19.3 Å². The highest BCUT2D eigenvalue weighted by molar-refractivity contribution is 5.86. The monoisotopic (exact) mass is 212 g/mol. The Hall–Kier alpha value is -0.830. The van der Waals surface area contributed by atoms with Gasteiger partial charge in [-0.1, -0.05) is 27.4 Å². The number of amides is 1. The van der Waals surface area contributed by atoms with Gasteiger partial charge in [0.25, 0.3) is 0 Å². The molecule has 0 aromatic heterocycles. The van der Waals surface area contributed by atoms with Crippen molar-refractivity contribution in [3.63, 3.8) is 0 Å². The quantitative estimate of drug-likeness (QED) is 0.633. The standard InChI is InChI=1S/C12H24N2O/c1-5-10(9-14-11(15)6-2)12(13,7-3)8-4/h6,10H,2,5,7-9,13H2,1,3-4H3,(H,14,15). The summed E-state index contributed by atoms with van der Waals surface area (Å²) in [6, 6.07) is 0. The number of carbonyl (C=O) groups is 1. The molecule has 15 heavy (non-hydrogen) atoms. The van der Waals surface area contributed by atoms with Crippen LogP contribution in [0.3, 0.4) is 0 Å². The van der Waals surface area contributed by atoms with Gasteiger partial charge in [0.2, 0.25) is 5.91 Å². The maximum Gasteiger partial charge on any atom is 0.243 e. The number of nitrogens with one attached hydrogen (secondary N) is 1.